The van der Waals surface area contributed by atoms with Gasteiger partial charge in [-0.05, 0) is 77.6 Å². The predicted molar refractivity (Wildman–Crippen MR) is 140 cm³/mol. The number of carbonyl (C=O) groups excluding carboxylic acids is 3. The number of rotatable bonds is 7. The Morgan fingerprint density at radius 2 is 1.92 bits per heavy atom. The topological polar surface area (TPSA) is 92.8 Å². The van der Waals surface area contributed by atoms with Gasteiger partial charge in [-0.2, -0.15) is 0 Å². The third-order valence-electron chi connectivity index (χ3n) is 6.62. The molecule has 2 aromatic rings. The van der Waals surface area contributed by atoms with Gasteiger partial charge in [0.05, 0.1) is 19.4 Å². The minimum Gasteiger partial charge on any atom is -0.466 e. The second kappa shape index (κ2) is 11.2. The number of hydrogen-bond acceptors (Lipinski definition) is 5. The van der Waals surface area contributed by atoms with Crippen LogP contribution in [0.5, 0.6) is 0 Å². The molecule has 1 aliphatic carbocycles. The van der Waals surface area contributed by atoms with Crippen LogP contribution in [-0.4, -0.2) is 58.9 Å². The molecule has 2 aromatic carbocycles. The SMILES string of the molecule is CCOC(=O)CC1C(=O)NCCN1C(=O)CC1=C(C)/C(=C/c2ccc(S(C)=O)cc2)c2ccc(F)cc21. The minimum atomic E-state index is -1.08. The highest BCUT2D eigenvalue weighted by molar-refractivity contribution is 7.84. The van der Waals surface area contributed by atoms with Crippen molar-refractivity contribution in [2.24, 2.45) is 0 Å². The van der Waals surface area contributed by atoms with E-state index in [9.17, 15) is 23.0 Å². The largest absolute Gasteiger partial charge is 0.466 e. The highest BCUT2D eigenvalue weighted by atomic mass is 32.2. The third kappa shape index (κ3) is 5.72. The van der Waals surface area contributed by atoms with E-state index in [-0.39, 0.29) is 38.4 Å². The van der Waals surface area contributed by atoms with Crippen LogP contribution < -0.4 is 5.32 Å². The molecule has 0 saturated carbocycles. The summed E-state index contributed by atoms with van der Waals surface area (Å²) < 4.78 is 31.0. The van der Waals surface area contributed by atoms with Gasteiger partial charge >= 0.3 is 5.97 Å². The van der Waals surface area contributed by atoms with Gasteiger partial charge in [-0.25, -0.2) is 4.39 Å². The number of fused-ring (bicyclic) bond motifs is 1. The van der Waals surface area contributed by atoms with Crippen LogP contribution in [0.1, 0.15) is 43.4 Å². The second-order valence-corrected chi connectivity index (χ2v) is 10.3. The predicted octanol–water partition coefficient (Wildman–Crippen LogP) is 3.56. The molecule has 2 unspecified atom stereocenters. The van der Waals surface area contributed by atoms with Crippen LogP contribution in [0.15, 0.2) is 52.9 Å². The van der Waals surface area contributed by atoms with Crippen molar-refractivity contribution in [3.05, 3.63) is 70.5 Å². The molecule has 1 heterocycles. The number of amides is 2. The van der Waals surface area contributed by atoms with Crippen molar-refractivity contribution in [1.82, 2.24) is 10.2 Å². The van der Waals surface area contributed by atoms with Gasteiger partial charge in [-0.3, -0.25) is 18.6 Å². The molecular formula is C28H29FN2O5S. The van der Waals surface area contributed by atoms with E-state index in [1.807, 2.05) is 25.1 Å². The van der Waals surface area contributed by atoms with Crippen molar-refractivity contribution in [2.45, 2.75) is 37.6 Å². The number of halogens is 1. The standard InChI is InChI=1S/C28H29FN2O5S/c1-4-36-27(33)16-25-28(34)30-11-12-31(25)26(32)15-23-17(2)22(21-10-7-19(29)14-24(21)23)13-18-5-8-20(9-6-18)37(3)35/h5-10,13-14,25H,4,11-12,15-16H2,1-3H3,(H,30,34)/b22-13-. The fraction of sp³-hybridized carbons (Fsp3) is 0.321. The number of nitrogens with zero attached hydrogens (tertiary/aromatic N) is 1. The number of piperazine rings is 1. The summed E-state index contributed by atoms with van der Waals surface area (Å²) in [6, 6.07) is 10.9. The van der Waals surface area contributed by atoms with E-state index >= 15 is 0 Å². The molecule has 1 fully saturated rings. The van der Waals surface area contributed by atoms with E-state index in [0.717, 1.165) is 27.2 Å². The van der Waals surface area contributed by atoms with E-state index in [4.69, 9.17) is 4.74 Å². The maximum absolute atomic E-state index is 14.3. The molecule has 0 radical (unpaired) electrons. The molecule has 2 aliphatic rings. The molecule has 0 bridgehead atoms. The quantitative estimate of drug-likeness (QED) is 0.559. The van der Waals surface area contributed by atoms with Gasteiger partial charge in [0, 0.05) is 35.0 Å². The highest BCUT2D eigenvalue weighted by Crippen LogP contribution is 2.44. The number of esters is 1. The molecule has 2 atom stereocenters. The summed E-state index contributed by atoms with van der Waals surface area (Å²) >= 11 is 0. The lowest BCUT2D eigenvalue weighted by atomic mass is 10.00. The second-order valence-electron chi connectivity index (χ2n) is 8.95. The van der Waals surface area contributed by atoms with Crippen LogP contribution in [0.25, 0.3) is 17.2 Å². The Kier molecular flexibility index (Phi) is 8.02. The summed E-state index contributed by atoms with van der Waals surface area (Å²) in [4.78, 5) is 40.2. The Morgan fingerprint density at radius 1 is 1.19 bits per heavy atom. The molecule has 194 valence electrons. The zero-order valence-electron chi connectivity index (χ0n) is 21.0. The van der Waals surface area contributed by atoms with Crippen molar-refractivity contribution in [2.75, 3.05) is 26.0 Å². The van der Waals surface area contributed by atoms with E-state index in [2.05, 4.69) is 5.32 Å². The maximum Gasteiger partial charge on any atom is 0.308 e. The number of allylic oxidation sites excluding steroid dienone is 2. The average Bonchev–Trinajstić information content (AvgIpc) is 3.10. The van der Waals surface area contributed by atoms with Crippen LogP contribution in [0.2, 0.25) is 0 Å². The first-order valence-electron chi connectivity index (χ1n) is 12.1. The zero-order chi connectivity index (χ0) is 26.7. The molecule has 1 saturated heterocycles. The van der Waals surface area contributed by atoms with Gasteiger partial charge in [0.25, 0.3) is 0 Å². The van der Waals surface area contributed by atoms with Crippen LogP contribution in [0.4, 0.5) is 4.39 Å². The Bertz CT molecular complexity index is 1330. The summed E-state index contributed by atoms with van der Waals surface area (Å²) in [6.45, 7) is 4.31. The monoisotopic (exact) mass is 524 g/mol. The Balaban J connectivity index is 1.66. The van der Waals surface area contributed by atoms with Crippen molar-refractivity contribution in [3.8, 4) is 0 Å². The van der Waals surface area contributed by atoms with Gasteiger partial charge in [0.2, 0.25) is 11.8 Å². The van der Waals surface area contributed by atoms with Crippen molar-refractivity contribution in [1.29, 1.82) is 0 Å². The molecule has 1 N–H and O–H groups in total. The van der Waals surface area contributed by atoms with E-state index in [0.29, 0.717) is 11.1 Å². The lowest BCUT2D eigenvalue weighted by Crippen LogP contribution is -2.57. The molecule has 4 rings (SSSR count). The van der Waals surface area contributed by atoms with E-state index < -0.39 is 34.5 Å². The van der Waals surface area contributed by atoms with Crippen LogP contribution >= 0.6 is 0 Å². The lowest BCUT2D eigenvalue weighted by Gasteiger charge is -2.34. The van der Waals surface area contributed by atoms with Gasteiger partial charge in [0.1, 0.15) is 11.9 Å². The summed E-state index contributed by atoms with van der Waals surface area (Å²) in [5, 5.41) is 2.70. The number of ether oxygens (including phenoxy) is 1. The number of benzene rings is 2. The van der Waals surface area contributed by atoms with Crippen LogP contribution in [-0.2, 0) is 29.9 Å². The molecule has 37 heavy (non-hydrogen) atoms. The fourth-order valence-electron chi connectivity index (χ4n) is 4.75. The zero-order valence-corrected chi connectivity index (χ0v) is 21.8. The van der Waals surface area contributed by atoms with Crippen molar-refractivity contribution >= 4 is 45.8 Å². The lowest BCUT2D eigenvalue weighted by molar-refractivity contribution is -0.151. The number of nitrogens with one attached hydrogen (secondary N) is 1. The van der Waals surface area contributed by atoms with Crippen LogP contribution in [0.3, 0.4) is 0 Å². The molecule has 2 amide bonds. The number of hydrogen-bond donors (Lipinski definition) is 1. The van der Waals surface area contributed by atoms with E-state index in [1.165, 1.54) is 17.0 Å². The van der Waals surface area contributed by atoms with Crippen molar-refractivity contribution < 1.29 is 27.7 Å². The molecule has 0 spiro atoms. The van der Waals surface area contributed by atoms with Gasteiger partial charge in [-0.1, -0.05) is 18.2 Å². The van der Waals surface area contributed by atoms with Crippen molar-refractivity contribution in [3.63, 3.8) is 0 Å². The molecular weight excluding hydrogens is 495 g/mol. The van der Waals surface area contributed by atoms with Gasteiger partial charge in [-0.15, -0.1) is 0 Å². The Labute approximate surface area is 217 Å². The summed E-state index contributed by atoms with van der Waals surface area (Å²) in [5.41, 5.74) is 4.70. The summed E-state index contributed by atoms with van der Waals surface area (Å²) in [7, 11) is -1.08. The molecule has 0 aromatic heterocycles. The smallest absolute Gasteiger partial charge is 0.308 e. The first-order chi connectivity index (χ1) is 17.7. The first-order valence-corrected chi connectivity index (χ1v) is 13.6. The fourth-order valence-corrected chi connectivity index (χ4v) is 5.27. The normalized spacial score (nSPS) is 19.0. The number of carbonyl (C=O) groups is 3. The van der Waals surface area contributed by atoms with E-state index in [1.54, 1.807) is 31.4 Å². The maximum atomic E-state index is 14.3. The minimum absolute atomic E-state index is 0.0417. The highest BCUT2D eigenvalue weighted by Gasteiger charge is 2.36. The summed E-state index contributed by atoms with van der Waals surface area (Å²) in [5.74, 6) is -1.67. The van der Waals surface area contributed by atoms with Gasteiger partial charge in [0.15, 0.2) is 0 Å². The Morgan fingerprint density at radius 3 is 2.59 bits per heavy atom. The van der Waals surface area contributed by atoms with Gasteiger partial charge < -0.3 is 15.0 Å². The third-order valence-corrected chi connectivity index (χ3v) is 7.56. The molecule has 9 heteroatoms. The Hall–Kier alpha value is -3.59. The van der Waals surface area contributed by atoms with Crippen LogP contribution in [0, 0.1) is 5.82 Å². The average molecular weight is 525 g/mol. The summed E-state index contributed by atoms with van der Waals surface area (Å²) in [6.07, 6.45) is 3.32. The first kappa shape index (κ1) is 26.5. The molecule has 1 aliphatic heterocycles. The molecule has 7 nitrogen and oxygen atoms in total.